The van der Waals surface area contributed by atoms with Gasteiger partial charge >= 0.3 is 0 Å². The Bertz CT molecular complexity index is 1020. The third-order valence-corrected chi connectivity index (χ3v) is 4.79. The maximum atomic E-state index is 12.6. The summed E-state index contributed by atoms with van der Waals surface area (Å²) in [5, 5.41) is 5.96. The van der Waals surface area contributed by atoms with Gasteiger partial charge in [-0.1, -0.05) is 0 Å². The predicted molar refractivity (Wildman–Crippen MR) is 102 cm³/mol. The standard InChI is InChI=1S/C17H19N5O5S/c1-28(26,27)20-13-4-2-12(3-5-13)16(24)21-8-10-22(11-9-21)17(25)14-6-7-15(23)19-18-14/h2-7,20H,8-11H2,1H3,(H,19,23). The molecule has 2 N–H and O–H groups in total. The quantitative estimate of drug-likeness (QED) is 0.720. The number of nitrogens with one attached hydrogen (secondary N) is 2. The van der Waals surface area contributed by atoms with E-state index in [9.17, 15) is 22.8 Å². The highest BCUT2D eigenvalue weighted by Crippen LogP contribution is 2.14. The maximum Gasteiger partial charge on any atom is 0.274 e. The molecule has 3 rings (SSSR count). The van der Waals surface area contributed by atoms with Crippen molar-refractivity contribution in [2.24, 2.45) is 0 Å². The minimum absolute atomic E-state index is 0.147. The van der Waals surface area contributed by atoms with Crippen LogP contribution in [0.1, 0.15) is 20.8 Å². The Morgan fingerprint density at radius 3 is 2.04 bits per heavy atom. The summed E-state index contributed by atoms with van der Waals surface area (Å²) in [5.74, 6) is -0.500. The van der Waals surface area contributed by atoms with Crippen molar-refractivity contribution in [1.29, 1.82) is 0 Å². The number of benzene rings is 1. The molecule has 1 aromatic heterocycles. The van der Waals surface area contributed by atoms with E-state index in [2.05, 4.69) is 14.9 Å². The highest BCUT2D eigenvalue weighted by molar-refractivity contribution is 7.92. The number of hydrogen-bond donors (Lipinski definition) is 2. The fourth-order valence-corrected chi connectivity index (χ4v) is 3.38. The van der Waals surface area contributed by atoms with Crippen molar-refractivity contribution in [3.63, 3.8) is 0 Å². The van der Waals surface area contributed by atoms with Gasteiger partial charge in [0.15, 0.2) is 0 Å². The van der Waals surface area contributed by atoms with E-state index in [0.717, 1.165) is 6.26 Å². The smallest absolute Gasteiger partial charge is 0.274 e. The summed E-state index contributed by atoms with van der Waals surface area (Å²) in [6.45, 7) is 1.41. The number of carbonyl (C=O) groups is 2. The van der Waals surface area contributed by atoms with Crippen LogP contribution in [0, 0.1) is 0 Å². The van der Waals surface area contributed by atoms with Gasteiger partial charge in [-0.2, -0.15) is 5.10 Å². The third kappa shape index (κ3) is 4.74. The van der Waals surface area contributed by atoms with Gasteiger partial charge in [-0.05, 0) is 30.3 Å². The number of H-pyrrole nitrogens is 1. The number of hydrogen-bond acceptors (Lipinski definition) is 6. The highest BCUT2D eigenvalue weighted by Gasteiger charge is 2.26. The van der Waals surface area contributed by atoms with Gasteiger partial charge in [0.25, 0.3) is 17.4 Å². The highest BCUT2D eigenvalue weighted by atomic mass is 32.2. The Hall–Kier alpha value is -3.21. The van der Waals surface area contributed by atoms with Gasteiger partial charge in [0.05, 0.1) is 6.26 Å². The second-order valence-electron chi connectivity index (χ2n) is 6.34. The molecule has 1 saturated heterocycles. The van der Waals surface area contributed by atoms with Crippen LogP contribution in [0.2, 0.25) is 0 Å². The lowest BCUT2D eigenvalue weighted by atomic mass is 10.1. The number of aromatic nitrogens is 2. The van der Waals surface area contributed by atoms with Crippen LogP contribution in [0.4, 0.5) is 5.69 Å². The zero-order valence-electron chi connectivity index (χ0n) is 15.1. The molecule has 1 aliphatic rings. The van der Waals surface area contributed by atoms with Gasteiger partial charge in [-0.3, -0.25) is 19.1 Å². The Labute approximate surface area is 161 Å². The third-order valence-electron chi connectivity index (χ3n) is 4.19. The van der Waals surface area contributed by atoms with Gasteiger partial charge in [0.2, 0.25) is 10.0 Å². The summed E-state index contributed by atoms with van der Waals surface area (Å²) in [7, 11) is -3.38. The Balaban J connectivity index is 1.59. The normalized spacial score (nSPS) is 14.6. The van der Waals surface area contributed by atoms with Crippen molar-refractivity contribution in [3.8, 4) is 0 Å². The Morgan fingerprint density at radius 1 is 0.964 bits per heavy atom. The van der Waals surface area contributed by atoms with E-state index in [4.69, 9.17) is 0 Å². The van der Waals surface area contributed by atoms with Crippen molar-refractivity contribution in [2.75, 3.05) is 37.2 Å². The second-order valence-corrected chi connectivity index (χ2v) is 8.09. The molecule has 11 heteroatoms. The summed E-state index contributed by atoms with van der Waals surface area (Å²) in [4.78, 5) is 39.2. The number of nitrogens with zero attached hydrogens (tertiary/aromatic N) is 3. The number of carbonyl (C=O) groups excluding carboxylic acids is 2. The summed E-state index contributed by atoms with van der Waals surface area (Å²) in [5.41, 5.74) is 0.571. The Morgan fingerprint density at radius 2 is 1.54 bits per heavy atom. The molecule has 10 nitrogen and oxygen atoms in total. The molecule has 0 bridgehead atoms. The SMILES string of the molecule is CS(=O)(=O)Nc1ccc(C(=O)N2CCN(C(=O)c3ccc(=O)[nH]n3)CC2)cc1. The Kier molecular flexibility index (Phi) is 5.45. The van der Waals surface area contributed by atoms with Crippen LogP contribution in [-0.4, -0.2) is 72.7 Å². The molecule has 2 aromatic rings. The summed E-state index contributed by atoms with van der Waals surface area (Å²) in [6, 6.07) is 8.76. The van der Waals surface area contributed by atoms with E-state index < -0.39 is 10.0 Å². The first-order valence-electron chi connectivity index (χ1n) is 8.45. The van der Waals surface area contributed by atoms with Crippen LogP contribution in [-0.2, 0) is 10.0 Å². The van der Waals surface area contributed by atoms with Crippen molar-refractivity contribution in [1.82, 2.24) is 20.0 Å². The van der Waals surface area contributed by atoms with Crippen LogP contribution in [0.5, 0.6) is 0 Å². The molecule has 28 heavy (non-hydrogen) atoms. The maximum absolute atomic E-state index is 12.6. The number of anilines is 1. The fraction of sp³-hybridized carbons (Fsp3) is 0.294. The van der Waals surface area contributed by atoms with Crippen LogP contribution in [0.15, 0.2) is 41.2 Å². The summed E-state index contributed by atoms with van der Waals surface area (Å²) in [6.07, 6.45) is 1.05. The number of aromatic amines is 1. The van der Waals surface area contributed by atoms with E-state index >= 15 is 0 Å². The molecule has 0 spiro atoms. The first kappa shape index (κ1) is 19.5. The minimum atomic E-state index is -3.38. The van der Waals surface area contributed by atoms with Crippen molar-refractivity contribution in [2.45, 2.75) is 0 Å². The average Bonchev–Trinajstić information content (AvgIpc) is 2.67. The average molecular weight is 405 g/mol. The van der Waals surface area contributed by atoms with E-state index in [-0.39, 0.29) is 23.1 Å². The summed E-state index contributed by atoms with van der Waals surface area (Å²) < 4.78 is 24.8. The summed E-state index contributed by atoms with van der Waals surface area (Å²) >= 11 is 0. The van der Waals surface area contributed by atoms with Gasteiger partial charge in [-0.15, -0.1) is 0 Å². The van der Waals surface area contributed by atoms with Crippen molar-refractivity contribution >= 4 is 27.5 Å². The lowest BCUT2D eigenvalue weighted by Crippen LogP contribution is -2.50. The molecule has 2 amide bonds. The van der Waals surface area contributed by atoms with Gasteiger partial charge in [0.1, 0.15) is 5.69 Å². The largest absolute Gasteiger partial charge is 0.335 e. The molecule has 0 aliphatic carbocycles. The number of amides is 2. The lowest BCUT2D eigenvalue weighted by molar-refractivity contribution is 0.0531. The molecular formula is C17H19N5O5S. The van der Waals surface area contributed by atoms with E-state index in [0.29, 0.717) is 37.4 Å². The second kappa shape index (κ2) is 7.80. The van der Waals surface area contributed by atoms with Crippen LogP contribution >= 0.6 is 0 Å². The first-order valence-corrected chi connectivity index (χ1v) is 10.3. The molecule has 1 fully saturated rings. The molecule has 0 radical (unpaired) electrons. The van der Waals surface area contributed by atoms with Gasteiger partial charge in [-0.25, -0.2) is 13.5 Å². The van der Waals surface area contributed by atoms with Crippen LogP contribution in [0.25, 0.3) is 0 Å². The molecule has 1 aliphatic heterocycles. The minimum Gasteiger partial charge on any atom is -0.335 e. The molecular weight excluding hydrogens is 386 g/mol. The molecule has 1 aromatic carbocycles. The predicted octanol–water partition coefficient (Wildman–Crippen LogP) is -0.260. The molecule has 2 heterocycles. The molecule has 0 atom stereocenters. The van der Waals surface area contributed by atoms with Crippen LogP contribution in [0.3, 0.4) is 0 Å². The topological polar surface area (TPSA) is 133 Å². The number of piperazine rings is 1. The van der Waals surface area contributed by atoms with E-state index in [1.807, 2.05) is 0 Å². The zero-order valence-corrected chi connectivity index (χ0v) is 15.9. The lowest BCUT2D eigenvalue weighted by Gasteiger charge is -2.34. The fourth-order valence-electron chi connectivity index (χ4n) is 2.82. The zero-order chi connectivity index (χ0) is 20.3. The van der Waals surface area contributed by atoms with Gasteiger partial charge in [0, 0.05) is 43.5 Å². The molecule has 148 valence electrons. The van der Waals surface area contributed by atoms with Crippen LogP contribution < -0.4 is 10.3 Å². The molecule has 0 unspecified atom stereocenters. The number of rotatable bonds is 4. The van der Waals surface area contributed by atoms with E-state index in [1.165, 1.54) is 24.3 Å². The van der Waals surface area contributed by atoms with E-state index in [1.54, 1.807) is 21.9 Å². The monoisotopic (exact) mass is 405 g/mol. The number of sulfonamides is 1. The van der Waals surface area contributed by atoms with Gasteiger partial charge < -0.3 is 9.80 Å². The van der Waals surface area contributed by atoms with Crippen molar-refractivity contribution in [3.05, 3.63) is 58.0 Å². The first-order chi connectivity index (χ1) is 13.2. The molecule has 0 saturated carbocycles. The van der Waals surface area contributed by atoms with Crippen molar-refractivity contribution < 1.29 is 18.0 Å².